The summed E-state index contributed by atoms with van der Waals surface area (Å²) in [5, 5.41) is 21.9. The second kappa shape index (κ2) is 5.97. The lowest BCUT2D eigenvalue weighted by molar-refractivity contribution is -0.135. The molecule has 0 aromatic heterocycles. The largest absolute Gasteiger partial charge is 0.525 e. The Morgan fingerprint density at radius 3 is 1.50 bits per heavy atom. The van der Waals surface area contributed by atoms with Crippen LogP contribution in [0.5, 0.6) is 0 Å². The zero-order valence-corrected chi connectivity index (χ0v) is 7.42. The summed E-state index contributed by atoms with van der Waals surface area (Å²) >= 11 is 0. The first-order valence-electron chi connectivity index (χ1n) is 2.65. The summed E-state index contributed by atoms with van der Waals surface area (Å²) in [5.41, 5.74) is 0. The predicted octanol–water partition coefficient (Wildman–Crippen LogP) is -0.0836. The summed E-state index contributed by atoms with van der Waals surface area (Å²) in [6, 6.07) is 0. The molecule has 0 atom stereocenters. The maximum atomic E-state index is 9.89. The maximum Gasteiger partial charge on any atom is 0.525 e. The normalized spacial score (nSPS) is 9.29. The molecule has 0 unspecified atom stereocenters. The lowest BCUT2D eigenvalue weighted by Gasteiger charge is -2.03. The van der Waals surface area contributed by atoms with E-state index >= 15 is 0 Å². The molecule has 0 heterocycles. The molecule has 0 aromatic carbocycles. The zero-order chi connectivity index (χ0) is 11.9. The molecular weight excluding hydrogens is 223 g/mol. The van der Waals surface area contributed by atoms with Gasteiger partial charge >= 0.3 is 19.9 Å². The monoisotopic (exact) mass is 230 g/mol. The highest BCUT2D eigenvalue weighted by molar-refractivity contribution is 7.46. The van der Waals surface area contributed by atoms with Crippen molar-refractivity contribution in [2.75, 3.05) is 0 Å². The third-order valence-electron chi connectivity index (χ3n) is 0.468. The van der Waals surface area contributed by atoms with Crippen molar-refractivity contribution < 1.29 is 43.8 Å². The van der Waals surface area contributed by atoms with Crippen molar-refractivity contribution >= 4 is 19.9 Å². The molecule has 0 amide bonds. The van der Waals surface area contributed by atoms with Gasteiger partial charge in [-0.05, 0) is 6.58 Å². The quantitative estimate of drug-likeness (QED) is 0.253. The fraction of sp³-hybridized carbons (Fsp3) is 0. The Bertz CT molecular complexity index is 271. The summed E-state index contributed by atoms with van der Waals surface area (Å²) in [5.74, 6) is -2.59. The highest BCUT2D eigenvalue weighted by atomic mass is 31.2. The molecule has 0 radical (unpaired) electrons. The standard InChI is InChI=1S/C3H5O6P.CH2O3/c1-2(3(4)5)9-10(6,7)8;2-1(3)4/h1H2,(H,4,5)(H2,6,7,8);(H2,2,3,4). The zero-order valence-electron chi connectivity index (χ0n) is 6.52. The van der Waals surface area contributed by atoms with Crippen LogP contribution in [0, 0.1) is 0 Å². The van der Waals surface area contributed by atoms with Crippen molar-refractivity contribution in [2.45, 2.75) is 0 Å². The van der Waals surface area contributed by atoms with Gasteiger partial charge in [0, 0.05) is 0 Å². The second-order valence-corrected chi connectivity index (χ2v) is 2.76. The van der Waals surface area contributed by atoms with E-state index in [1.165, 1.54) is 0 Å². The van der Waals surface area contributed by atoms with Crippen molar-refractivity contribution in [3.8, 4) is 0 Å². The van der Waals surface area contributed by atoms with Gasteiger partial charge in [0.15, 0.2) is 0 Å². The van der Waals surface area contributed by atoms with E-state index in [0.717, 1.165) is 0 Å². The summed E-state index contributed by atoms with van der Waals surface area (Å²) in [4.78, 5) is 34.4. The van der Waals surface area contributed by atoms with Crippen LogP contribution < -0.4 is 0 Å². The van der Waals surface area contributed by atoms with Crippen molar-refractivity contribution in [2.24, 2.45) is 0 Å². The van der Waals surface area contributed by atoms with Crippen LogP contribution in [0.2, 0.25) is 0 Å². The molecule has 0 aliphatic rings. The lowest BCUT2D eigenvalue weighted by atomic mass is 10.6. The summed E-state index contributed by atoms with van der Waals surface area (Å²) < 4.78 is 13.5. The number of aliphatic carboxylic acids is 1. The van der Waals surface area contributed by atoms with Gasteiger partial charge in [0.2, 0.25) is 5.76 Å². The topological polar surface area (TPSA) is 162 Å². The van der Waals surface area contributed by atoms with Gasteiger partial charge in [-0.1, -0.05) is 0 Å². The minimum atomic E-state index is -4.76. The number of carboxylic acid groups (broad SMARTS) is 3. The van der Waals surface area contributed by atoms with Gasteiger partial charge < -0.3 is 19.8 Å². The van der Waals surface area contributed by atoms with E-state index in [2.05, 4.69) is 11.1 Å². The smallest absolute Gasteiger partial charge is 0.475 e. The van der Waals surface area contributed by atoms with Crippen LogP contribution in [0.4, 0.5) is 4.79 Å². The molecule has 14 heavy (non-hydrogen) atoms. The van der Waals surface area contributed by atoms with E-state index in [1.54, 1.807) is 0 Å². The van der Waals surface area contributed by atoms with Gasteiger partial charge in [-0.25, -0.2) is 14.2 Å². The van der Waals surface area contributed by atoms with Crippen molar-refractivity contribution in [3.05, 3.63) is 12.3 Å². The van der Waals surface area contributed by atoms with Gasteiger partial charge in [0.25, 0.3) is 0 Å². The molecule has 0 rings (SSSR count). The Morgan fingerprint density at radius 1 is 1.14 bits per heavy atom. The van der Waals surface area contributed by atoms with E-state index in [4.69, 9.17) is 29.9 Å². The summed E-state index contributed by atoms with van der Waals surface area (Å²) in [6.45, 7) is 2.73. The summed E-state index contributed by atoms with van der Waals surface area (Å²) in [6.07, 6.45) is -1.83. The fourth-order valence-electron chi connectivity index (χ4n) is 0.183. The van der Waals surface area contributed by atoms with E-state index in [-0.39, 0.29) is 0 Å². The van der Waals surface area contributed by atoms with Crippen LogP contribution >= 0.6 is 7.82 Å². The third-order valence-corrected chi connectivity index (χ3v) is 0.926. The average molecular weight is 230 g/mol. The number of carbonyl (C=O) groups is 2. The predicted molar refractivity (Wildman–Crippen MR) is 40.6 cm³/mol. The number of hydrogen-bond acceptors (Lipinski definition) is 4. The Balaban J connectivity index is 0. The van der Waals surface area contributed by atoms with Crippen LogP contribution in [0.1, 0.15) is 0 Å². The number of hydrogen-bond donors (Lipinski definition) is 5. The van der Waals surface area contributed by atoms with E-state index < -0.39 is 25.7 Å². The highest BCUT2D eigenvalue weighted by Gasteiger charge is 2.19. The van der Waals surface area contributed by atoms with Gasteiger partial charge in [0.1, 0.15) is 0 Å². The molecule has 82 valence electrons. The van der Waals surface area contributed by atoms with Crippen LogP contribution in [0.3, 0.4) is 0 Å². The van der Waals surface area contributed by atoms with E-state index in [1.807, 2.05) is 0 Å². The van der Waals surface area contributed by atoms with E-state index in [0.29, 0.717) is 0 Å². The third kappa shape index (κ3) is 16.8. The van der Waals surface area contributed by atoms with Gasteiger partial charge in [-0.3, -0.25) is 9.79 Å². The molecular formula is C4H7O9P. The molecule has 5 N–H and O–H groups in total. The van der Waals surface area contributed by atoms with Crippen molar-refractivity contribution in [3.63, 3.8) is 0 Å². The first kappa shape index (κ1) is 14.9. The number of rotatable bonds is 3. The molecule has 0 saturated heterocycles. The summed E-state index contributed by atoms with van der Waals surface area (Å²) in [7, 11) is -4.76. The van der Waals surface area contributed by atoms with Crippen LogP contribution in [0.15, 0.2) is 12.3 Å². The Morgan fingerprint density at radius 2 is 1.43 bits per heavy atom. The van der Waals surface area contributed by atoms with Crippen molar-refractivity contribution in [1.82, 2.24) is 0 Å². The minimum Gasteiger partial charge on any atom is -0.475 e. The Kier molecular flexibility index (Phi) is 6.37. The number of phosphoric acid groups is 1. The van der Waals surface area contributed by atoms with Crippen LogP contribution in [-0.2, 0) is 13.9 Å². The SMILES string of the molecule is C=C(OP(=O)(O)O)C(=O)O.O=C(O)O. The molecule has 0 aliphatic heterocycles. The Hall–Kier alpha value is -1.57. The van der Waals surface area contributed by atoms with Gasteiger partial charge in [-0.2, -0.15) is 0 Å². The molecule has 10 heteroatoms. The Labute approximate surface area is 77.1 Å². The molecule has 0 aromatic rings. The minimum absolute atomic E-state index is 0.978. The fourth-order valence-corrected chi connectivity index (χ4v) is 0.548. The molecule has 9 nitrogen and oxygen atoms in total. The van der Waals surface area contributed by atoms with Crippen LogP contribution in [-0.4, -0.2) is 37.2 Å². The molecule has 0 spiro atoms. The number of carboxylic acids is 1. The molecule has 0 fully saturated rings. The van der Waals surface area contributed by atoms with Gasteiger partial charge in [0.05, 0.1) is 0 Å². The second-order valence-electron chi connectivity index (χ2n) is 1.59. The molecule has 0 saturated carbocycles. The first-order chi connectivity index (χ1) is 6.06. The van der Waals surface area contributed by atoms with E-state index in [9.17, 15) is 9.36 Å². The maximum absolute atomic E-state index is 9.89. The first-order valence-corrected chi connectivity index (χ1v) is 4.18. The molecule has 0 bridgehead atoms. The van der Waals surface area contributed by atoms with Gasteiger partial charge in [-0.15, -0.1) is 0 Å². The van der Waals surface area contributed by atoms with Crippen molar-refractivity contribution in [1.29, 1.82) is 0 Å². The molecule has 0 aliphatic carbocycles. The lowest BCUT2D eigenvalue weighted by Crippen LogP contribution is -2.01. The average Bonchev–Trinajstić information content (AvgIpc) is 1.81. The number of phosphoric ester groups is 1. The highest BCUT2D eigenvalue weighted by Crippen LogP contribution is 2.38. The van der Waals surface area contributed by atoms with Crippen LogP contribution in [0.25, 0.3) is 0 Å².